The molecule has 18 N–H and O–H groups in total. The monoisotopic (exact) mass is 1810 g/mol. The van der Waals surface area contributed by atoms with E-state index in [4.69, 9.17) is 11.5 Å². The number of carbonyl (C=O) groups excluding carboxylic acids is 17. The average molecular weight is 1810 g/mol. The van der Waals surface area contributed by atoms with Crippen LogP contribution in [-0.4, -0.2) is 295 Å². The maximum absolute atomic E-state index is 15.6. The highest BCUT2D eigenvalue weighted by molar-refractivity contribution is 8.00. The van der Waals surface area contributed by atoms with Crippen LogP contribution in [0.25, 0.3) is 21.8 Å². The molecule has 1 aliphatic rings. The fourth-order valence-corrected chi connectivity index (χ4v) is 15.9. The average Bonchev–Trinajstić information content (AvgIpc) is 1.73. The number of nitrogens with zero attached hydrogens (tertiary/aromatic N) is 6. The number of aliphatic hydroxyl groups excluding tert-OH is 1. The summed E-state index contributed by atoms with van der Waals surface area (Å²) in [5.74, 6) is -17.0. The van der Waals surface area contributed by atoms with Crippen LogP contribution in [0.3, 0.4) is 0 Å². The van der Waals surface area contributed by atoms with Gasteiger partial charge in [0.1, 0.15) is 72.5 Å². The molecule has 1 fully saturated rings. The molecule has 3 aromatic carbocycles. The number of imidazole rings is 1. The van der Waals surface area contributed by atoms with Crippen LogP contribution in [0.4, 0.5) is 0 Å². The molecule has 0 radical (unpaired) electrons. The van der Waals surface area contributed by atoms with Gasteiger partial charge in [-0.2, -0.15) is 0 Å². The quantitative estimate of drug-likeness (QED) is 0.0337. The SMILES string of the molecule is CCCC[C@H]1C(=O)N(C)[C@@H](CCCC)C(=O)N[C@@H](C(C)C)C(=O)N[C@H](C(=O)NCC(N)=O)CSCC(=O)N[C@@H](CCc2ccccc2)C(=O)N(C)[C@@H](C)C(=O)N[C@@H](CC(N)=O)C(=O)N(CCC)CC(=O)N[C@@H](Cc2cnc[nH]2)C(=O)N[C@@H](CC(C)C)C(=O)N(C)CC(=O)N[C@@H](Cc2c[nH]c3ccccc23)C(=O)N[C@@H](CO)C(=O)N[C@@H](Cc2c[nH]c3ccccc23)C(=O)N1C. The van der Waals surface area contributed by atoms with Gasteiger partial charge in [0.2, 0.25) is 100 Å². The third kappa shape index (κ3) is 30.7. The van der Waals surface area contributed by atoms with E-state index in [1.807, 2.05) is 13.8 Å². The second kappa shape index (κ2) is 50.7. The van der Waals surface area contributed by atoms with Crippen LogP contribution in [0.2, 0.25) is 0 Å². The highest BCUT2D eigenvalue weighted by atomic mass is 32.2. The number of aromatic amines is 3. The molecule has 0 bridgehead atoms. The largest absolute Gasteiger partial charge is 0.394 e. The van der Waals surface area contributed by atoms with Crippen molar-refractivity contribution in [3.8, 4) is 0 Å². The Labute approximate surface area is 754 Å². The third-order valence-electron chi connectivity index (χ3n) is 22.4. The Balaban J connectivity index is 1.29. The molecule has 12 atom stereocenters. The fourth-order valence-electron chi connectivity index (χ4n) is 15.1. The van der Waals surface area contributed by atoms with Gasteiger partial charge in [-0.05, 0) is 86.1 Å². The lowest BCUT2D eigenvalue weighted by molar-refractivity contribution is -0.149. The van der Waals surface area contributed by atoms with Gasteiger partial charge in [-0.15, -0.1) is 11.8 Å². The molecular formula is C89H127N21O18S. The van der Waals surface area contributed by atoms with Gasteiger partial charge in [-0.25, -0.2) is 4.98 Å². The molecule has 0 unspecified atom stereocenters. The maximum atomic E-state index is 15.6. The molecule has 129 heavy (non-hydrogen) atoms. The van der Waals surface area contributed by atoms with Crippen molar-refractivity contribution in [2.45, 2.75) is 218 Å². The van der Waals surface area contributed by atoms with E-state index in [1.54, 1.807) is 126 Å². The zero-order valence-electron chi connectivity index (χ0n) is 75.4. The molecule has 0 aliphatic carbocycles. The van der Waals surface area contributed by atoms with Crippen LogP contribution in [0.5, 0.6) is 0 Å². The Hall–Kier alpha value is -12.8. The maximum Gasteiger partial charge on any atom is 0.246 e. The molecule has 3 aromatic heterocycles. The predicted octanol–water partition coefficient (Wildman–Crippen LogP) is -0.107. The number of hydrogen-bond acceptors (Lipinski definition) is 20. The molecule has 0 spiro atoms. The van der Waals surface area contributed by atoms with Crippen molar-refractivity contribution in [3.05, 3.63) is 126 Å². The molecule has 4 heterocycles. The molecule has 1 aliphatic heterocycles. The molecule has 7 rings (SSSR count). The number of rotatable bonds is 26. The zero-order chi connectivity index (χ0) is 94.9. The number of nitrogens with one attached hydrogen (secondary N) is 13. The number of likely N-dealkylation sites (N-methyl/N-ethyl adjacent to an activating group) is 4. The number of nitrogens with two attached hydrogens (primary N) is 2. The van der Waals surface area contributed by atoms with Crippen LogP contribution < -0.4 is 64.6 Å². The summed E-state index contributed by atoms with van der Waals surface area (Å²) >= 11 is 0.831. The molecule has 40 heteroatoms. The van der Waals surface area contributed by atoms with Crippen molar-refractivity contribution >= 4 is 134 Å². The number of para-hydroxylation sites is 2. The van der Waals surface area contributed by atoms with Crippen LogP contribution in [0.15, 0.2) is 104 Å². The van der Waals surface area contributed by atoms with E-state index in [-0.39, 0.29) is 76.0 Å². The normalized spacial score (nSPS) is 22.9. The summed E-state index contributed by atoms with van der Waals surface area (Å²) in [5, 5.41) is 38.9. The van der Waals surface area contributed by atoms with Gasteiger partial charge in [-0.3, -0.25) is 81.5 Å². The summed E-state index contributed by atoms with van der Waals surface area (Å²) in [7, 11) is 5.31. The summed E-state index contributed by atoms with van der Waals surface area (Å²) in [5.41, 5.74) is 14.6. The number of hydrogen-bond donors (Lipinski definition) is 16. The Morgan fingerprint density at radius 3 is 1.62 bits per heavy atom. The van der Waals surface area contributed by atoms with E-state index in [1.165, 1.54) is 57.4 Å². The van der Waals surface area contributed by atoms with Gasteiger partial charge >= 0.3 is 0 Å². The Kier molecular flexibility index (Phi) is 40.6. The summed E-state index contributed by atoms with van der Waals surface area (Å²) in [6, 6.07) is 5.18. The lowest BCUT2D eigenvalue weighted by Gasteiger charge is -2.36. The van der Waals surface area contributed by atoms with Crippen molar-refractivity contribution in [1.29, 1.82) is 0 Å². The number of primary amides is 2. The van der Waals surface area contributed by atoms with Gasteiger partial charge in [-0.1, -0.05) is 141 Å². The minimum atomic E-state index is -1.83. The topological polar surface area (TPSA) is 559 Å². The van der Waals surface area contributed by atoms with Crippen molar-refractivity contribution in [3.63, 3.8) is 0 Å². The molecule has 39 nitrogen and oxygen atoms in total. The van der Waals surface area contributed by atoms with Crippen molar-refractivity contribution in [1.82, 2.24) is 97.6 Å². The molecule has 0 saturated carbocycles. The first-order valence-corrected chi connectivity index (χ1v) is 44.7. The van der Waals surface area contributed by atoms with E-state index in [9.17, 15) is 62.6 Å². The number of unbranched alkanes of at least 4 members (excludes halogenated alkanes) is 2. The molecule has 6 aromatic rings. The third-order valence-corrected chi connectivity index (χ3v) is 23.4. The van der Waals surface area contributed by atoms with E-state index < -0.39 is 217 Å². The number of aryl methyl sites for hydroxylation is 1. The highest BCUT2D eigenvalue weighted by Crippen LogP contribution is 2.25. The first-order chi connectivity index (χ1) is 61.4. The number of amides is 17. The predicted molar refractivity (Wildman–Crippen MR) is 482 cm³/mol. The number of aromatic nitrogens is 4. The number of thioether (sulfide) groups is 1. The zero-order valence-corrected chi connectivity index (χ0v) is 76.2. The summed E-state index contributed by atoms with van der Waals surface area (Å²) < 4.78 is 0. The lowest BCUT2D eigenvalue weighted by Crippen LogP contribution is -2.61. The summed E-state index contributed by atoms with van der Waals surface area (Å²) in [6.45, 7) is 10.1. The van der Waals surface area contributed by atoms with Crippen LogP contribution in [0, 0.1) is 11.8 Å². The number of H-pyrrole nitrogens is 3. The molecule has 1 saturated heterocycles. The number of benzene rings is 3. The van der Waals surface area contributed by atoms with Crippen LogP contribution >= 0.6 is 11.8 Å². The van der Waals surface area contributed by atoms with Crippen LogP contribution in [-0.2, 0) is 107 Å². The number of carbonyl (C=O) groups is 17. The van der Waals surface area contributed by atoms with E-state index >= 15 is 24.0 Å². The second-order valence-corrected chi connectivity index (χ2v) is 34.3. The minimum Gasteiger partial charge on any atom is -0.394 e. The number of fused-ring (bicyclic) bond motifs is 2. The highest BCUT2D eigenvalue weighted by Gasteiger charge is 2.42. The number of aliphatic hydroxyl groups is 1. The summed E-state index contributed by atoms with van der Waals surface area (Å²) in [4.78, 5) is 266. The summed E-state index contributed by atoms with van der Waals surface area (Å²) in [6.07, 6.45) is 6.70. The Morgan fingerprint density at radius 2 is 1.05 bits per heavy atom. The first-order valence-electron chi connectivity index (χ1n) is 43.6. The van der Waals surface area contributed by atoms with Crippen LogP contribution in [0.1, 0.15) is 142 Å². The smallest absolute Gasteiger partial charge is 0.246 e. The lowest BCUT2D eigenvalue weighted by atomic mass is 9.99. The van der Waals surface area contributed by atoms with Crippen molar-refractivity contribution < 1.29 is 86.6 Å². The minimum absolute atomic E-state index is 0.0232. The van der Waals surface area contributed by atoms with Gasteiger partial charge < -0.3 is 109 Å². The van der Waals surface area contributed by atoms with E-state index in [2.05, 4.69) is 73.1 Å². The first kappa shape index (κ1) is 103. The fraction of sp³-hybridized carbons (Fsp3) is 0.528. The van der Waals surface area contributed by atoms with Gasteiger partial charge in [0.05, 0.1) is 44.7 Å². The second-order valence-electron chi connectivity index (χ2n) is 33.3. The molecule has 17 amide bonds. The standard InChI is InChI=1S/C89H127N21O18S/c1-13-16-31-70-83(122)105-77(52(6)7)84(123)104-69(79(118)95-44-73(91)113)48-129-49-76(116)97-62(34-33-54-25-19-18-20-26-54)86(125)107(10)53(8)78(117)100-67(40-72(90)112)88(127)110(35-15-3)46-75(115)99-64(39-57-43-92-50-96-57)81(120)101-65(36-51(4)5)85(124)106(9)45-74(114)98-63(37-55-41-93-60-29-23-21-27-58(55)60)80(119)103-68(47-111)82(121)102-66(38-56-42-94-61-30-24-22-28-59(56)61)87(126)109(12)71(32-17-14-2)89(128)108(70)11/h18-30,41-43,50-53,62-71,77,93-94,111H,13-17,31-40,44-49H2,1-12H3,(H2,90,112)(H2,91,113)(H,92,96)(H,95,118)(H,97,116)(H,98,114)(H,99,115)(H,100,117)(H,101,120)(H,102,121)(H,103,119)(H,104,123)(H,105,122)/t53-,62-,63-,64-,65-,66-,67-,68-,69-,70-,71-,77-/m0/s1. The molecule has 702 valence electrons. The van der Waals surface area contributed by atoms with Gasteiger partial charge in [0.15, 0.2) is 0 Å². The van der Waals surface area contributed by atoms with Gasteiger partial charge in [0, 0.05) is 106 Å². The Morgan fingerprint density at radius 1 is 0.519 bits per heavy atom. The Bertz CT molecular complexity index is 4870. The molecular weight excluding hydrogens is 1680 g/mol. The van der Waals surface area contributed by atoms with E-state index in [0.29, 0.717) is 64.3 Å². The van der Waals surface area contributed by atoms with Gasteiger partial charge in [0.25, 0.3) is 0 Å². The van der Waals surface area contributed by atoms with Crippen molar-refractivity contribution in [2.75, 3.05) is 72.5 Å². The van der Waals surface area contributed by atoms with E-state index in [0.717, 1.165) is 32.0 Å². The van der Waals surface area contributed by atoms with Crippen molar-refractivity contribution in [2.24, 2.45) is 23.3 Å².